The van der Waals surface area contributed by atoms with E-state index in [-0.39, 0.29) is 0 Å². The average Bonchev–Trinajstić information content (AvgIpc) is 3.16. The topological polar surface area (TPSA) is 128 Å². The Bertz CT molecular complexity index is 1120. The van der Waals surface area contributed by atoms with E-state index in [2.05, 4.69) is 0 Å². The van der Waals surface area contributed by atoms with Crippen LogP contribution in [-0.4, -0.2) is 67.5 Å². The summed E-state index contributed by atoms with van der Waals surface area (Å²) in [7, 11) is 1.58. The number of carbonyl (C=O) groups excluding carboxylic acids is 3. The van der Waals surface area contributed by atoms with Gasteiger partial charge in [0.2, 0.25) is 5.72 Å². The van der Waals surface area contributed by atoms with Gasteiger partial charge in [0.1, 0.15) is 0 Å². The number of hydrogen-bond donors (Lipinski definition) is 3. The van der Waals surface area contributed by atoms with Crippen molar-refractivity contribution in [3.8, 4) is 0 Å². The maximum atomic E-state index is 13.6. The van der Waals surface area contributed by atoms with Crippen LogP contribution in [0.3, 0.4) is 0 Å². The molecular formula is C21H22N2O7. The predicted molar refractivity (Wildman–Crippen MR) is 99.8 cm³/mol. The van der Waals surface area contributed by atoms with Crippen LogP contribution < -0.4 is 4.90 Å². The Labute approximate surface area is 171 Å². The number of amides is 2. The van der Waals surface area contributed by atoms with Crippen molar-refractivity contribution in [3.63, 3.8) is 0 Å². The van der Waals surface area contributed by atoms with Gasteiger partial charge in [-0.15, -0.1) is 0 Å². The monoisotopic (exact) mass is 414 g/mol. The van der Waals surface area contributed by atoms with Crippen molar-refractivity contribution in [2.75, 3.05) is 11.9 Å². The van der Waals surface area contributed by atoms with Crippen LogP contribution in [0.1, 0.15) is 31.9 Å². The van der Waals surface area contributed by atoms with Crippen LogP contribution in [0.4, 0.5) is 5.69 Å². The molecule has 6 rings (SSSR count). The van der Waals surface area contributed by atoms with Crippen molar-refractivity contribution >= 4 is 23.3 Å². The number of benzene rings is 1. The van der Waals surface area contributed by atoms with Gasteiger partial charge < -0.3 is 29.9 Å². The highest BCUT2D eigenvalue weighted by atomic mass is 16.7. The molecule has 9 heteroatoms. The molecule has 0 saturated carbocycles. The Hall–Kier alpha value is -2.33. The number of anilines is 1. The van der Waals surface area contributed by atoms with Crippen molar-refractivity contribution in [1.82, 2.24) is 4.90 Å². The average molecular weight is 414 g/mol. The minimum Gasteiger partial charge on any atom is -0.369 e. The highest BCUT2D eigenvalue weighted by Crippen LogP contribution is 2.75. The molecule has 1 aromatic rings. The zero-order valence-corrected chi connectivity index (χ0v) is 17.0. The maximum Gasteiger partial charge on any atom is 0.271 e. The van der Waals surface area contributed by atoms with Crippen molar-refractivity contribution in [2.45, 2.75) is 55.4 Å². The lowest BCUT2D eigenvalue weighted by Crippen LogP contribution is -2.66. The van der Waals surface area contributed by atoms with Gasteiger partial charge in [0.05, 0.1) is 11.6 Å². The molecule has 3 saturated heterocycles. The molecule has 1 aliphatic carbocycles. The van der Waals surface area contributed by atoms with Gasteiger partial charge in [-0.05, 0) is 44.7 Å². The lowest BCUT2D eigenvalue weighted by Gasteiger charge is -2.42. The van der Waals surface area contributed by atoms with Gasteiger partial charge in [-0.2, -0.15) is 0 Å². The summed E-state index contributed by atoms with van der Waals surface area (Å²) in [5.41, 5.74) is -6.46. The fraction of sp³-hybridized carbons (Fsp3) is 0.571. The number of ketones is 1. The normalized spacial score (nSPS) is 46.5. The summed E-state index contributed by atoms with van der Waals surface area (Å²) in [6.07, 6.45) is 0.438. The van der Waals surface area contributed by atoms with Gasteiger partial charge in [-0.25, -0.2) is 0 Å². The van der Waals surface area contributed by atoms with Gasteiger partial charge in [-0.1, -0.05) is 12.1 Å². The summed E-state index contributed by atoms with van der Waals surface area (Å²) in [5, 5.41) is 34.9. The van der Waals surface area contributed by atoms with Crippen molar-refractivity contribution in [1.29, 1.82) is 0 Å². The van der Waals surface area contributed by atoms with Gasteiger partial charge in [0.15, 0.2) is 11.4 Å². The minimum absolute atomic E-state index is 0.438. The Morgan fingerprint density at radius 1 is 1.17 bits per heavy atom. The number of nitrogens with zero attached hydrogens (tertiary/aromatic N) is 2. The van der Waals surface area contributed by atoms with E-state index in [1.165, 1.54) is 4.90 Å². The Kier molecular flexibility index (Phi) is 2.75. The van der Waals surface area contributed by atoms with Crippen LogP contribution in [-0.2, 0) is 31.1 Å². The van der Waals surface area contributed by atoms with E-state index in [1.54, 1.807) is 27.0 Å². The second-order valence-corrected chi connectivity index (χ2v) is 9.73. The molecule has 2 amide bonds. The zero-order chi connectivity index (χ0) is 21.8. The summed E-state index contributed by atoms with van der Waals surface area (Å²) >= 11 is 0. The number of aliphatic hydroxyl groups is 3. The molecule has 6 atom stereocenters. The number of rotatable bonds is 1. The van der Waals surface area contributed by atoms with Gasteiger partial charge in [-0.3, -0.25) is 14.4 Å². The summed E-state index contributed by atoms with van der Waals surface area (Å²) < 4.78 is 6.00. The first kappa shape index (κ1) is 18.4. The second kappa shape index (κ2) is 4.47. The first-order valence-corrected chi connectivity index (χ1v) is 9.96. The summed E-state index contributed by atoms with van der Waals surface area (Å²) in [5.74, 6) is -7.21. The molecule has 9 nitrogen and oxygen atoms in total. The molecule has 30 heavy (non-hydrogen) atoms. The quantitative estimate of drug-likeness (QED) is 0.504. The molecular weight excluding hydrogens is 392 g/mol. The highest BCUT2D eigenvalue weighted by Gasteiger charge is 2.96. The summed E-state index contributed by atoms with van der Waals surface area (Å²) in [4.78, 5) is 41.9. The van der Waals surface area contributed by atoms with Crippen molar-refractivity contribution in [2.24, 2.45) is 11.8 Å². The van der Waals surface area contributed by atoms with Gasteiger partial charge >= 0.3 is 0 Å². The van der Waals surface area contributed by atoms with E-state index in [9.17, 15) is 29.7 Å². The third kappa shape index (κ3) is 1.30. The Morgan fingerprint density at radius 2 is 1.83 bits per heavy atom. The van der Waals surface area contributed by atoms with Crippen LogP contribution in [0.25, 0.3) is 0 Å². The lowest BCUT2D eigenvalue weighted by molar-refractivity contribution is -0.327. The Balaban J connectivity index is 1.77. The van der Waals surface area contributed by atoms with Crippen LogP contribution in [0.5, 0.6) is 0 Å². The smallest absolute Gasteiger partial charge is 0.271 e. The fourth-order valence-electron chi connectivity index (χ4n) is 7.10. The van der Waals surface area contributed by atoms with Gasteiger partial charge in [0, 0.05) is 18.2 Å². The number of ether oxygens (including phenoxy) is 1. The molecule has 1 spiro atoms. The highest BCUT2D eigenvalue weighted by molar-refractivity contribution is 6.14. The van der Waals surface area contributed by atoms with E-state index in [0.717, 1.165) is 17.4 Å². The van der Waals surface area contributed by atoms with Crippen LogP contribution in [0, 0.1) is 11.8 Å². The molecule has 3 N–H and O–H groups in total. The standard InChI is InChI=1S/C21H22N2O7/c1-9(24)19(27)16(26)23-17(2,3)11-8-10-6-5-7-12-13(10)18(15(25)22(12)4)14(11)20(23,28)21(19,29)30-18/h5-7,11,14,27-29H,8H2,1-4H3. The SMILES string of the molecule is CC(=O)C1(O)C(=O)N2C(C)(C)C3Cc4cccc5c4C4(OC1(O)C2(O)C34)C(=O)N5C. The van der Waals surface area contributed by atoms with Crippen LogP contribution in [0.15, 0.2) is 18.2 Å². The van der Waals surface area contributed by atoms with E-state index < -0.39 is 57.7 Å². The van der Waals surface area contributed by atoms with Crippen LogP contribution >= 0.6 is 0 Å². The third-order valence-electron chi connectivity index (χ3n) is 8.34. The maximum absolute atomic E-state index is 13.6. The van der Waals surface area contributed by atoms with Crippen molar-refractivity contribution < 1.29 is 34.4 Å². The number of Topliss-reactive ketones (excluding diaryl/α,β-unsaturated/α-hetero) is 1. The molecule has 4 heterocycles. The largest absolute Gasteiger partial charge is 0.369 e. The third-order valence-corrected chi connectivity index (χ3v) is 8.34. The molecule has 4 aliphatic heterocycles. The second-order valence-electron chi connectivity index (χ2n) is 9.73. The predicted octanol–water partition coefficient (Wildman–Crippen LogP) is -0.991. The molecule has 0 aromatic heterocycles. The summed E-state index contributed by atoms with van der Waals surface area (Å²) in [6.45, 7) is 4.38. The molecule has 6 unspecified atom stereocenters. The number of carbonyl (C=O) groups is 3. The van der Waals surface area contributed by atoms with E-state index in [1.807, 2.05) is 12.1 Å². The lowest BCUT2D eigenvalue weighted by atomic mass is 9.61. The van der Waals surface area contributed by atoms with Crippen LogP contribution in [0.2, 0.25) is 0 Å². The zero-order valence-electron chi connectivity index (χ0n) is 17.0. The molecule has 0 bridgehead atoms. The minimum atomic E-state index is -3.04. The molecule has 3 fully saturated rings. The van der Waals surface area contributed by atoms with Crippen molar-refractivity contribution in [3.05, 3.63) is 29.3 Å². The molecule has 1 aromatic carbocycles. The number of likely N-dealkylation sites (N-methyl/N-ethyl adjacent to an activating group) is 1. The first-order valence-electron chi connectivity index (χ1n) is 9.96. The number of hydrogen-bond acceptors (Lipinski definition) is 7. The molecule has 5 aliphatic rings. The molecule has 158 valence electrons. The fourth-order valence-corrected chi connectivity index (χ4v) is 7.10. The summed E-state index contributed by atoms with van der Waals surface area (Å²) in [6, 6.07) is 5.43. The Morgan fingerprint density at radius 3 is 2.47 bits per heavy atom. The first-order chi connectivity index (χ1) is 13.8. The van der Waals surface area contributed by atoms with Gasteiger partial charge in [0.25, 0.3) is 23.2 Å². The van der Waals surface area contributed by atoms with E-state index >= 15 is 0 Å². The van der Waals surface area contributed by atoms with E-state index in [4.69, 9.17) is 4.74 Å². The molecule has 0 radical (unpaired) electrons. The van der Waals surface area contributed by atoms with E-state index in [0.29, 0.717) is 17.7 Å².